The van der Waals surface area contributed by atoms with Crippen LogP contribution >= 0.6 is 0 Å². The molecule has 0 spiro atoms. The third-order valence-electron chi connectivity index (χ3n) is 1.42. The van der Waals surface area contributed by atoms with Crippen molar-refractivity contribution in [2.75, 3.05) is 6.61 Å². The van der Waals surface area contributed by atoms with Gasteiger partial charge in [-0.05, 0) is 0 Å². The number of hydrogen-bond acceptors (Lipinski definition) is 6. The maximum absolute atomic E-state index is 9.90. The summed E-state index contributed by atoms with van der Waals surface area (Å²) in [5.74, 6) is 0. The summed E-state index contributed by atoms with van der Waals surface area (Å²) in [5.41, 5.74) is 0. The van der Waals surface area contributed by atoms with E-state index in [2.05, 4.69) is 0 Å². The van der Waals surface area contributed by atoms with Gasteiger partial charge in [0, 0.05) is 0 Å². The van der Waals surface area contributed by atoms with Gasteiger partial charge in [-0.25, -0.2) is 0 Å². The molecule has 0 rings (SSSR count). The van der Waals surface area contributed by atoms with Gasteiger partial charge < -0.3 is 46.8 Å². The summed E-state index contributed by atoms with van der Waals surface area (Å²) < 4.78 is 0. The highest BCUT2D eigenvalue weighted by Gasteiger charge is 2.29. The summed E-state index contributed by atoms with van der Waals surface area (Å²) in [4.78, 5) is 9.90. The van der Waals surface area contributed by atoms with Gasteiger partial charge in [0.2, 0.25) is 0 Å². The van der Waals surface area contributed by atoms with Gasteiger partial charge in [-0.1, -0.05) is 0 Å². The molecule has 0 heterocycles. The Morgan fingerprint density at radius 3 is 1.60 bits per heavy atom. The van der Waals surface area contributed by atoms with E-state index in [1.165, 1.54) is 0 Å². The van der Waals surface area contributed by atoms with Crippen LogP contribution in [0.5, 0.6) is 0 Å². The monoisotopic (exact) mass is 234 g/mol. The molecule has 0 amide bonds. The lowest BCUT2D eigenvalue weighted by atomic mass is 10.0. The van der Waals surface area contributed by atoms with E-state index >= 15 is 0 Å². The Morgan fingerprint density at radius 2 is 1.33 bits per heavy atom. The molecule has 0 aliphatic carbocycles. The van der Waals surface area contributed by atoms with Gasteiger partial charge in [0.25, 0.3) is 0 Å². The van der Waals surface area contributed by atoms with E-state index in [9.17, 15) is 4.79 Å². The van der Waals surface area contributed by atoms with Crippen LogP contribution in [0, 0.1) is 0 Å². The molecule has 11 N–H and O–H groups in total. The second kappa shape index (κ2) is 11.4. The van der Waals surface area contributed by atoms with Crippen LogP contribution in [0.25, 0.3) is 0 Å². The quantitative estimate of drug-likeness (QED) is 0.292. The molecule has 0 radical (unpaired) electrons. The average molecular weight is 234 g/mol. The lowest BCUT2D eigenvalue weighted by Crippen LogP contribution is -2.46. The number of aliphatic hydroxyl groups is 5. The van der Waals surface area contributed by atoms with Crippen molar-refractivity contribution in [2.45, 2.75) is 24.4 Å². The first kappa shape index (κ1) is 23.9. The molecule has 0 aromatic heterocycles. The molecule has 0 saturated carbocycles. The molecule has 0 aliphatic rings. The van der Waals surface area contributed by atoms with Gasteiger partial charge in [0.1, 0.15) is 24.4 Å². The van der Waals surface area contributed by atoms with Crippen LogP contribution in [0.3, 0.4) is 0 Å². The fourth-order valence-corrected chi connectivity index (χ4v) is 0.618. The lowest BCUT2D eigenvalue weighted by molar-refractivity contribution is -0.136. The summed E-state index contributed by atoms with van der Waals surface area (Å²) in [6, 6.07) is 0. The van der Waals surface area contributed by atoms with Crippen LogP contribution in [0.1, 0.15) is 0 Å². The normalized spacial score (nSPS) is 16.9. The Morgan fingerprint density at radius 1 is 0.933 bits per heavy atom. The number of carbonyl (C=O) groups excluding carboxylic acids is 1. The minimum absolute atomic E-state index is 0. The maximum atomic E-state index is 9.90. The molecule has 0 fully saturated rings. The minimum Gasteiger partial charge on any atom is -0.412 e. The topological polar surface area (TPSA) is 213 Å². The zero-order chi connectivity index (χ0) is 9.72. The Balaban J connectivity index is -0.000000202. The molecule has 96 valence electrons. The van der Waals surface area contributed by atoms with E-state index in [1.807, 2.05) is 0 Å². The van der Waals surface area contributed by atoms with Crippen LogP contribution in [-0.2, 0) is 4.79 Å². The second-order valence-corrected chi connectivity index (χ2v) is 2.36. The Kier molecular flexibility index (Phi) is 18.2. The van der Waals surface area contributed by atoms with E-state index in [0.717, 1.165) is 0 Å². The first-order valence-corrected chi connectivity index (χ1v) is 3.33. The molecule has 9 nitrogen and oxygen atoms in total. The largest absolute Gasteiger partial charge is 0.412 e. The number of aldehydes is 1. The van der Waals surface area contributed by atoms with E-state index in [1.54, 1.807) is 0 Å². The van der Waals surface area contributed by atoms with Gasteiger partial charge in [-0.15, -0.1) is 0 Å². The smallest absolute Gasteiger partial charge is 0.151 e. The van der Waals surface area contributed by atoms with Gasteiger partial charge >= 0.3 is 0 Å². The summed E-state index contributed by atoms with van der Waals surface area (Å²) >= 11 is 0. The first-order chi connectivity index (χ1) is 5.54. The van der Waals surface area contributed by atoms with Crippen molar-refractivity contribution >= 4 is 6.29 Å². The average Bonchev–Trinajstić information content (AvgIpc) is 2.12. The van der Waals surface area contributed by atoms with Gasteiger partial charge in [0.15, 0.2) is 6.29 Å². The van der Waals surface area contributed by atoms with E-state index < -0.39 is 31.0 Å². The number of carbonyl (C=O) groups is 1. The fourth-order valence-electron chi connectivity index (χ4n) is 0.618. The number of rotatable bonds is 5. The van der Waals surface area contributed by atoms with Crippen molar-refractivity contribution in [1.82, 2.24) is 0 Å². The van der Waals surface area contributed by atoms with Gasteiger partial charge in [-0.3, -0.25) is 0 Å². The van der Waals surface area contributed by atoms with Crippen LogP contribution in [-0.4, -0.2) is 79.3 Å². The standard InChI is InChI=1S/C6H12O6.3H2O/c7-1-3(9)5(11)6(12)4(10)2-8;;;/h1,3-6,8-12H,2H2;3*1H2/t3-,4+,5+,6+;;;/m0.../s1. The predicted molar refractivity (Wildman–Crippen MR) is 48.0 cm³/mol. The van der Waals surface area contributed by atoms with Crippen molar-refractivity contribution in [3.8, 4) is 0 Å². The van der Waals surface area contributed by atoms with Crippen LogP contribution in [0.4, 0.5) is 0 Å². The Hall–Kier alpha value is -0.650. The maximum Gasteiger partial charge on any atom is 0.151 e. The molecular formula is C6H18O9. The number of aliphatic hydroxyl groups excluding tert-OH is 5. The zero-order valence-electron chi connectivity index (χ0n) is 7.74. The lowest BCUT2D eigenvalue weighted by Gasteiger charge is -2.22. The van der Waals surface area contributed by atoms with E-state index in [0.29, 0.717) is 0 Å². The molecule has 4 atom stereocenters. The summed E-state index contributed by atoms with van der Waals surface area (Å²) in [6.07, 6.45) is -6.84. The van der Waals surface area contributed by atoms with Crippen molar-refractivity contribution < 1.29 is 46.8 Å². The summed E-state index contributed by atoms with van der Waals surface area (Å²) in [7, 11) is 0. The molecule has 0 aliphatic heterocycles. The van der Waals surface area contributed by atoms with Gasteiger partial charge in [0.05, 0.1) is 6.61 Å². The molecule has 0 bridgehead atoms. The van der Waals surface area contributed by atoms with Crippen molar-refractivity contribution in [2.24, 2.45) is 0 Å². The molecular weight excluding hydrogens is 216 g/mol. The molecule has 0 saturated heterocycles. The van der Waals surface area contributed by atoms with E-state index in [-0.39, 0.29) is 22.7 Å². The predicted octanol–water partition coefficient (Wildman–Crippen LogP) is -5.85. The molecule has 15 heavy (non-hydrogen) atoms. The van der Waals surface area contributed by atoms with Crippen molar-refractivity contribution in [3.05, 3.63) is 0 Å². The minimum atomic E-state index is -1.79. The van der Waals surface area contributed by atoms with E-state index in [4.69, 9.17) is 25.5 Å². The molecule has 0 aromatic rings. The first-order valence-electron chi connectivity index (χ1n) is 3.33. The highest BCUT2D eigenvalue weighted by molar-refractivity contribution is 5.56. The van der Waals surface area contributed by atoms with Crippen LogP contribution < -0.4 is 0 Å². The summed E-state index contributed by atoms with van der Waals surface area (Å²) in [6.45, 7) is -0.760. The fraction of sp³-hybridized carbons (Fsp3) is 0.833. The zero-order valence-corrected chi connectivity index (χ0v) is 7.74. The Labute approximate surface area is 85.1 Å². The third kappa shape index (κ3) is 7.30. The van der Waals surface area contributed by atoms with Crippen molar-refractivity contribution in [3.63, 3.8) is 0 Å². The third-order valence-corrected chi connectivity index (χ3v) is 1.42. The van der Waals surface area contributed by atoms with Crippen LogP contribution in [0.2, 0.25) is 0 Å². The number of hydrogen-bond donors (Lipinski definition) is 5. The molecule has 9 heteroatoms. The highest BCUT2D eigenvalue weighted by atomic mass is 16.4. The molecule has 0 unspecified atom stereocenters. The SMILES string of the molecule is O.O.O.O=C[C@H](O)[C@@H](O)[C@H](O)[C@H](O)CO. The van der Waals surface area contributed by atoms with Gasteiger partial charge in [-0.2, -0.15) is 0 Å². The molecule has 0 aromatic carbocycles. The van der Waals surface area contributed by atoms with Crippen molar-refractivity contribution in [1.29, 1.82) is 0 Å². The summed E-state index contributed by atoms with van der Waals surface area (Å²) in [5, 5.41) is 43.5. The Bertz CT molecular complexity index is 141. The highest BCUT2D eigenvalue weighted by Crippen LogP contribution is 2.02. The second-order valence-electron chi connectivity index (χ2n) is 2.36. The van der Waals surface area contributed by atoms with Crippen LogP contribution in [0.15, 0.2) is 0 Å².